The van der Waals surface area contributed by atoms with E-state index < -0.39 is 6.36 Å². The lowest BCUT2D eigenvalue weighted by Crippen LogP contribution is -2.18. The standard InChI is InChI=1S/C10H9BrF3NO/c11-6-1-4-9(16-10(12,13)14)8(5-6)15-7-2-3-7/h1,4-5,7,15H,2-3H2. The number of hydrogen-bond donors (Lipinski definition) is 1. The van der Waals surface area contributed by atoms with Crippen LogP contribution in [0, 0.1) is 0 Å². The summed E-state index contributed by atoms with van der Waals surface area (Å²) in [6, 6.07) is 4.66. The predicted octanol–water partition coefficient (Wildman–Crippen LogP) is 3.92. The Hall–Kier alpha value is -0.910. The summed E-state index contributed by atoms with van der Waals surface area (Å²) in [5, 5.41) is 2.99. The van der Waals surface area contributed by atoms with Crippen LogP contribution in [0.25, 0.3) is 0 Å². The number of alkyl halides is 3. The van der Waals surface area contributed by atoms with Crippen molar-refractivity contribution in [3.63, 3.8) is 0 Å². The lowest BCUT2D eigenvalue weighted by atomic mass is 10.3. The molecular weight excluding hydrogens is 287 g/mol. The molecule has 1 aliphatic rings. The average Bonchev–Trinajstić information content (AvgIpc) is 2.91. The Kier molecular flexibility index (Phi) is 3.01. The van der Waals surface area contributed by atoms with E-state index in [1.54, 1.807) is 6.07 Å². The summed E-state index contributed by atoms with van der Waals surface area (Å²) >= 11 is 3.21. The van der Waals surface area contributed by atoms with Gasteiger partial charge in [-0.25, -0.2) is 0 Å². The molecule has 0 amide bonds. The van der Waals surface area contributed by atoms with E-state index >= 15 is 0 Å². The zero-order chi connectivity index (χ0) is 11.8. The minimum Gasteiger partial charge on any atom is -0.404 e. The van der Waals surface area contributed by atoms with Gasteiger partial charge in [-0.15, -0.1) is 13.2 Å². The normalized spacial score (nSPS) is 16.0. The first-order valence-electron chi connectivity index (χ1n) is 4.76. The highest BCUT2D eigenvalue weighted by Crippen LogP contribution is 2.35. The minimum atomic E-state index is -4.66. The number of benzene rings is 1. The van der Waals surface area contributed by atoms with Crippen molar-refractivity contribution in [2.24, 2.45) is 0 Å². The SMILES string of the molecule is FC(F)(F)Oc1ccc(Br)cc1NC1CC1. The van der Waals surface area contributed by atoms with Gasteiger partial charge in [0.15, 0.2) is 5.75 Å². The van der Waals surface area contributed by atoms with Crippen LogP contribution in [0.5, 0.6) is 5.75 Å². The summed E-state index contributed by atoms with van der Waals surface area (Å²) in [6.07, 6.45) is -2.69. The zero-order valence-electron chi connectivity index (χ0n) is 8.14. The maximum absolute atomic E-state index is 12.1. The van der Waals surface area contributed by atoms with Crippen molar-refractivity contribution < 1.29 is 17.9 Å². The lowest BCUT2D eigenvalue weighted by Gasteiger charge is -2.14. The smallest absolute Gasteiger partial charge is 0.404 e. The van der Waals surface area contributed by atoms with Gasteiger partial charge >= 0.3 is 6.36 Å². The molecule has 1 aliphatic carbocycles. The van der Waals surface area contributed by atoms with E-state index in [0.717, 1.165) is 12.8 Å². The third-order valence-electron chi connectivity index (χ3n) is 2.10. The lowest BCUT2D eigenvalue weighted by molar-refractivity contribution is -0.274. The summed E-state index contributed by atoms with van der Waals surface area (Å²) in [6.45, 7) is 0. The van der Waals surface area contributed by atoms with Crippen molar-refractivity contribution in [2.75, 3.05) is 5.32 Å². The highest BCUT2D eigenvalue weighted by atomic mass is 79.9. The Balaban J connectivity index is 2.20. The molecule has 1 saturated carbocycles. The van der Waals surface area contributed by atoms with Crippen molar-refractivity contribution in [3.05, 3.63) is 22.7 Å². The van der Waals surface area contributed by atoms with E-state index in [1.165, 1.54) is 12.1 Å². The van der Waals surface area contributed by atoms with E-state index in [-0.39, 0.29) is 11.8 Å². The Labute approximate surface area is 98.9 Å². The molecule has 0 saturated heterocycles. The fourth-order valence-corrected chi connectivity index (χ4v) is 1.64. The monoisotopic (exact) mass is 295 g/mol. The van der Waals surface area contributed by atoms with Gasteiger partial charge in [-0.1, -0.05) is 15.9 Å². The van der Waals surface area contributed by atoms with Crippen molar-refractivity contribution in [1.82, 2.24) is 0 Å². The molecule has 0 aromatic heterocycles. The second kappa shape index (κ2) is 4.16. The number of nitrogens with one attached hydrogen (secondary N) is 1. The molecule has 0 radical (unpaired) electrons. The molecule has 1 aromatic carbocycles. The van der Waals surface area contributed by atoms with Crippen LogP contribution < -0.4 is 10.1 Å². The highest BCUT2D eigenvalue weighted by Gasteiger charge is 2.33. The van der Waals surface area contributed by atoms with E-state index in [0.29, 0.717) is 10.2 Å². The van der Waals surface area contributed by atoms with E-state index in [2.05, 4.69) is 26.0 Å². The summed E-state index contributed by atoms with van der Waals surface area (Å²) in [5.74, 6) is -0.192. The quantitative estimate of drug-likeness (QED) is 0.912. The first kappa shape index (κ1) is 11.6. The number of ether oxygens (including phenoxy) is 1. The fraction of sp³-hybridized carbons (Fsp3) is 0.400. The first-order valence-corrected chi connectivity index (χ1v) is 5.55. The topological polar surface area (TPSA) is 21.3 Å². The van der Waals surface area contributed by atoms with Crippen LogP contribution >= 0.6 is 15.9 Å². The molecular formula is C10H9BrF3NO. The van der Waals surface area contributed by atoms with Crippen LogP contribution in [-0.4, -0.2) is 12.4 Å². The molecule has 1 aromatic rings. The molecule has 1 fully saturated rings. The molecule has 2 rings (SSSR count). The van der Waals surface area contributed by atoms with Crippen LogP contribution in [0.2, 0.25) is 0 Å². The van der Waals surface area contributed by atoms with Gasteiger partial charge in [0.2, 0.25) is 0 Å². The summed E-state index contributed by atoms with van der Waals surface area (Å²) in [5.41, 5.74) is 0.370. The van der Waals surface area contributed by atoms with Crippen molar-refractivity contribution in [3.8, 4) is 5.75 Å². The van der Waals surface area contributed by atoms with Crippen LogP contribution in [0.3, 0.4) is 0 Å². The van der Waals surface area contributed by atoms with Crippen LogP contribution in [0.4, 0.5) is 18.9 Å². The summed E-state index contributed by atoms with van der Waals surface area (Å²) < 4.78 is 41.0. The van der Waals surface area contributed by atoms with Crippen molar-refractivity contribution in [2.45, 2.75) is 25.2 Å². The van der Waals surface area contributed by atoms with Gasteiger partial charge in [0, 0.05) is 10.5 Å². The largest absolute Gasteiger partial charge is 0.573 e. The number of hydrogen-bond acceptors (Lipinski definition) is 2. The third kappa shape index (κ3) is 3.30. The van der Waals surface area contributed by atoms with Crippen molar-refractivity contribution in [1.29, 1.82) is 0 Å². The number of rotatable bonds is 3. The molecule has 1 N–H and O–H groups in total. The molecule has 6 heteroatoms. The van der Waals surface area contributed by atoms with Gasteiger partial charge in [0.25, 0.3) is 0 Å². The Morgan fingerprint density at radius 3 is 2.56 bits per heavy atom. The Bertz CT molecular complexity index is 390. The fourth-order valence-electron chi connectivity index (χ4n) is 1.28. The van der Waals surface area contributed by atoms with E-state index in [1.807, 2.05) is 0 Å². The molecule has 0 heterocycles. The molecule has 2 nitrogen and oxygen atoms in total. The second-order valence-electron chi connectivity index (χ2n) is 3.61. The second-order valence-corrected chi connectivity index (χ2v) is 4.52. The maximum atomic E-state index is 12.1. The molecule has 0 bridgehead atoms. The highest BCUT2D eigenvalue weighted by molar-refractivity contribution is 9.10. The van der Waals surface area contributed by atoms with E-state index in [9.17, 15) is 13.2 Å². The predicted molar refractivity (Wildman–Crippen MR) is 57.5 cm³/mol. The van der Waals surface area contributed by atoms with Crippen LogP contribution in [0.1, 0.15) is 12.8 Å². The minimum absolute atomic E-state index is 0.192. The molecule has 16 heavy (non-hydrogen) atoms. The number of halogens is 4. The summed E-state index contributed by atoms with van der Waals surface area (Å²) in [7, 11) is 0. The maximum Gasteiger partial charge on any atom is 0.573 e. The van der Waals surface area contributed by atoms with E-state index in [4.69, 9.17) is 0 Å². The average molecular weight is 296 g/mol. The van der Waals surface area contributed by atoms with Gasteiger partial charge in [0.1, 0.15) is 0 Å². The Morgan fingerprint density at radius 1 is 1.31 bits per heavy atom. The number of anilines is 1. The summed E-state index contributed by atoms with van der Waals surface area (Å²) in [4.78, 5) is 0. The van der Waals surface area contributed by atoms with Crippen LogP contribution in [-0.2, 0) is 0 Å². The Morgan fingerprint density at radius 2 is 2.00 bits per heavy atom. The molecule has 0 unspecified atom stereocenters. The first-order chi connectivity index (χ1) is 7.44. The molecule has 0 aliphatic heterocycles. The van der Waals surface area contributed by atoms with Crippen LogP contribution in [0.15, 0.2) is 22.7 Å². The van der Waals surface area contributed by atoms with Gasteiger partial charge in [-0.2, -0.15) is 0 Å². The van der Waals surface area contributed by atoms with Gasteiger partial charge < -0.3 is 10.1 Å². The molecule has 88 valence electrons. The van der Waals surface area contributed by atoms with Crippen molar-refractivity contribution >= 4 is 21.6 Å². The van der Waals surface area contributed by atoms with Gasteiger partial charge in [0.05, 0.1) is 5.69 Å². The molecule has 0 atom stereocenters. The van der Waals surface area contributed by atoms with Gasteiger partial charge in [-0.05, 0) is 31.0 Å². The van der Waals surface area contributed by atoms with Gasteiger partial charge in [-0.3, -0.25) is 0 Å². The third-order valence-corrected chi connectivity index (χ3v) is 2.60. The zero-order valence-corrected chi connectivity index (χ0v) is 9.73. The molecule has 0 spiro atoms.